The van der Waals surface area contributed by atoms with Crippen LogP contribution < -0.4 is 5.32 Å². The van der Waals surface area contributed by atoms with Crippen LogP contribution >= 0.6 is 11.6 Å². The fourth-order valence-corrected chi connectivity index (χ4v) is 4.87. The molecule has 1 N–H and O–H groups in total. The van der Waals surface area contributed by atoms with Gasteiger partial charge < -0.3 is 5.32 Å². The van der Waals surface area contributed by atoms with Crippen molar-refractivity contribution in [3.05, 3.63) is 70.7 Å². The van der Waals surface area contributed by atoms with E-state index in [0.29, 0.717) is 10.7 Å². The lowest BCUT2D eigenvalue weighted by Gasteiger charge is -2.17. The molecule has 28 heavy (non-hydrogen) atoms. The Morgan fingerprint density at radius 3 is 2.43 bits per heavy atom. The maximum atomic E-state index is 12.6. The van der Waals surface area contributed by atoms with Gasteiger partial charge in [0.2, 0.25) is 15.9 Å². The minimum Gasteiger partial charge on any atom is -0.324 e. The zero-order valence-electron chi connectivity index (χ0n) is 15.3. The maximum Gasteiger partial charge on any atom is 0.243 e. The number of nitrogens with zero attached hydrogens (tertiary/aromatic N) is 1. The molecule has 0 radical (unpaired) electrons. The van der Waals surface area contributed by atoms with Gasteiger partial charge >= 0.3 is 0 Å². The smallest absolute Gasteiger partial charge is 0.243 e. The van der Waals surface area contributed by atoms with Gasteiger partial charge in [0.05, 0.1) is 11.4 Å². The summed E-state index contributed by atoms with van der Waals surface area (Å²) in [7, 11) is -2.39. The van der Waals surface area contributed by atoms with E-state index in [0.717, 1.165) is 22.5 Å². The van der Waals surface area contributed by atoms with E-state index in [-0.39, 0.29) is 11.4 Å². The highest BCUT2D eigenvalue weighted by molar-refractivity contribution is 7.89. The number of sulfonamides is 1. The lowest BCUT2D eigenvalue weighted by atomic mass is 10.0. The normalized spacial score (nSPS) is 13.2. The Bertz CT molecular complexity index is 1160. The van der Waals surface area contributed by atoms with Crippen molar-refractivity contribution in [1.29, 1.82) is 0 Å². The van der Waals surface area contributed by atoms with Gasteiger partial charge in [-0.2, -0.15) is 4.31 Å². The standard InChI is InChI=1S/C21H19ClN2O3S/c1-24(28(26,27)17-10-8-16(22)9-11-17)13-20(25)23-19-12-7-15-6-5-14-3-2-4-18(19)21(14)15/h2-4,7-12H,5-6,13H2,1H3,(H,23,25). The van der Waals surface area contributed by atoms with Crippen molar-refractivity contribution in [3.8, 4) is 0 Å². The second-order valence-electron chi connectivity index (χ2n) is 6.88. The number of halogens is 1. The van der Waals surface area contributed by atoms with Gasteiger partial charge in [-0.1, -0.05) is 35.9 Å². The highest BCUT2D eigenvalue weighted by atomic mass is 35.5. The summed E-state index contributed by atoms with van der Waals surface area (Å²) < 4.78 is 26.3. The molecule has 0 atom stereocenters. The summed E-state index contributed by atoms with van der Waals surface area (Å²) in [6.45, 7) is -0.284. The number of anilines is 1. The highest BCUT2D eigenvalue weighted by Gasteiger charge is 2.23. The molecule has 4 rings (SSSR count). The monoisotopic (exact) mass is 414 g/mol. The van der Waals surface area contributed by atoms with E-state index in [9.17, 15) is 13.2 Å². The van der Waals surface area contributed by atoms with Gasteiger partial charge in [-0.15, -0.1) is 0 Å². The molecule has 3 aromatic rings. The van der Waals surface area contributed by atoms with Crippen LogP contribution in [0.25, 0.3) is 10.8 Å². The van der Waals surface area contributed by atoms with Crippen molar-refractivity contribution >= 4 is 44.0 Å². The number of amides is 1. The number of carbonyl (C=O) groups excluding carboxylic acids is 1. The number of aryl methyl sites for hydroxylation is 2. The number of hydrogen-bond donors (Lipinski definition) is 1. The summed E-state index contributed by atoms with van der Waals surface area (Å²) in [4.78, 5) is 12.6. The third-order valence-corrected chi connectivity index (χ3v) is 7.11. The second kappa shape index (κ2) is 7.20. The fraction of sp³-hybridized carbons (Fsp3) is 0.190. The predicted octanol–water partition coefficient (Wildman–Crippen LogP) is 3.85. The molecule has 3 aromatic carbocycles. The molecule has 144 valence electrons. The molecule has 0 fully saturated rings. The molecule has 1 aliphatic carbocycles. The predicted molar refractivity (Wildman–Crippen MR) is 111 cm³/mol. The summed E-state index contributed by atoms with van der Waals surface area (Å²) in [6, 6.07) is 15.9. The Balaban J connectivity index is 1.54. The van der Waals surface area contributed by atoms with E-state index in [1.54, 1.807) is 0 Å². The van der Waals surface area contributed by atoms with E-state index in [4.69, 9.17) is 11.6 Å². The van der Waals surface area contributed by atoms with Crippen LogP contribution in [0.2, 0.25) is 5.02 Å². The number of carbonyl (C=O) groups is 1. The number of likely N-dealkylation sites (N-methyl/N-ethyl adjacent to an activating group) is 1. The summed E-state index contributed by atoms with van der Waals surface area (Å²) in [5, 5.41) is 5.50. The van der Waals surface area contributed by atoms with Crippen molar-refractivity contribution in [2.24, 2.45) is 0 Å². The largest absolute Gasteiger partial charge is 0.324 e. The Labute approximate surface area is 169 Å². The van der Waals surface area contributed by atoms with Gasteiger partial charge in [0, 0.05) is 23.1 Å². The van der Waals surface area contributed by atoms with E-state index in [1.165, 1.54) is 47.8 Å². The van der Waals surface area contributed by atoms with E-state index < -0.39 is 15.9 Å². The second-order valence-corrected chi connectivity index (χ2v) is 9.36. The third-order valence-electron chi connectivity index (χ3n) is 5.04. The van der Waals surface area contributed by atoms with Crippen LogP contribution in [0.15, 0.2) is 59.5 Å². The van der Waals surface area contributed by atoms with Gasteiger partial charge in [-0.3, -0.25) is 4.79 Å². The van der Waals surface area contributed by atoms with Gasteiger partial charge in [0.25, 0.3) is 0 Å². The maximum absolute atomic E-state index is 12.6. The molecule has 7 heteroatoms. The summed E-state index contributed by atoms with van der Waals surface area (Å²) in [5.74, 6) is -0.390. The van der Waals surface area contributed by atoms with Crippen molar-refractivity contribution in [2.75, 3.05) is 18.9 Å². The molecular formula is C21H19ClN2O3S. The van der Waals surface area contributed by atoms with Crippen molar-refractivity contribution in [2.45, 2.75) is 17.7 Å². The topological polar surface area (TPSA) is 66.5 Å². The summed E-state index contributed by atoms with van der Waals surface area (Å²) in [6.07, 6.45) is 2.01. The zero-order chi connectivity index (χ0) is 19.9. The average Bonchev–Trinajstić information content (AvgIpc) is 3.09. The Morgan fingerprint density at radius 1 is 1.04 bits per heavy atom. The highest BCUT2D eigenvalue weighted by Crippen LogP contribution is 2.35. The molecule has 0 spiro atoms. The van der Waals surface area contributed by atoms with Crippen molar-refractivity contribution < 1.29 is 13.2 Å². The van der Waals surface area contributed by atoms with Crippen molar-refractivity contribution in [1.82, 2.24) is 4.31 Å². The number of benzene rings is 3. The molecule has 0 heterocycles. The summed E-state index contributed by atoms with van der Waals surface area (Å²) >= 11 is 5.82. The Morgan fingerprint density at radius 2 is 1.71 bits per heavy atom. The first-order valence-corrected chi connectivity index (χ1v) is 10.7. The van der Waals surface area contributed by atoms with E-state index >= 15 is 0 Å². The number of nitrogens with one attached hydrogen (secondary N) is 1. The molecule has 5 nitrogen and oxygen atoms in total. The lowest BCUT2D eigenvalue weighted by molar-refractivity contribution is -0.116. The minimum absolute atomic E-state index is 0.0949. The first-order valence-electron chi connectivity index (χ1n) is 8.91. The lowest BCUT2D eigenvalue weighted by Crippen LogP contribution is -2.35. The van der Waals surface area contributed by atoms with Crippen LogP contribution in [0.1, 0.15) is 11.1 Å². The fourth-order valence-electron chi connectivity index (χ4n) is 3.62. The quantitative estimate of drug-likeness (QED) is 0.689. The first kappa shape index (κ1) is 18.9. The van der Waals surface area contributed by atoms with E-state index in [2.05, 4.69) is 11.4 Å². The number of rotatable bonds is 5. The zero-order valence-corrected chi connectivity index (χ0v) is 16.8. The SMILES string of the molecule is CN(CC(=O)Nc1ccc2c3c(cccc13)CC2)S(=O)(=O)c1ccc(Cl)cc1. The van der Waals surface area contributed by atoms with Crippen LogP contribution in [0, 0.1) is 0 Å². The molecule has 0 aromatic heterocycles. The molecule has 0 saturated carbocycles. The van der Waals surface area contributed by atoms with Crippen LogP contribution in [0.5, 0.6) is 0 Å². The Kier molecular flexibility index (Phi) is 4.87. The van der Waals surface area contributed by atoms with Gasteiger partial charge in [-0.05, 0) is 59.7 Å². The average molecular weight is 415 g/mol. The van der Waals surface area contributed by atoms with Crippen LogP contribution in [0.3, 0.4) is 0 Å². The molecule has 1 amide bonds. The van der Waals surface area contributed by atoms with Gasteiger partial charge in [0.1, 0.15) is 0 Å². The van der Waals surface area contributed by atoms with E-state index in [1.807, 2.05) is 24.3 Å². The summed E-state index contributed by atoms with van der Waals surface area (Å²) in [5.41, 5.74) is 3.27. The molecule has 0 saturated heterocycles. The van der Waals surface area contributed by atoms with Crippen molar-refractivity contribution in [3.63, 3.8) is 0 Å². The Hall–Kier alpha value is -2.41. The molecule has 0 bridgehead atoms. The minimum atomic E-state index is -3.78. The first-order chi connectivity index (χ1) is 13.4. The molecule has 0 aliphatic heterocycles. The van der Waals surface area contributed by atoms with Gasteiger partial charge in [-0.25, -0.2) is 8.42 Å². The number of hydrogen-bond acceptors (Lipinski definition) is 3. The van der Waals surface area contributed by atoms with Crippen LogP contribution in [-0.2, 0) is 27.7 Å². The van der Waals surface area contributed by atoms with Crippen LogP contribution in [0.4, 0.5) is 5.69 Å². The molecular weight excluding hydrogens is 396 g/mol. The van der Waals surface area contributed by atoms with Gasteiger partial charge in [0.15, 0.2) is 0 Å². The van der Waals surface area contributed by atoms with Crippen LogP contribution in [-0.4, -0.2) is 32.2 Å². The third kappa shape index (κ3) is 3.39. The molecule has 0 unspecified atom stereocenters. The molecule has 1 aliphatic rings.